The Morgan fingerprint density at radius 3 is 2.07 bits per heavy atom. The third-order valence-electron chi connectivity index (χ3n) is 7.29. The van der Waals surface area contributed by atoms with Crippen LogP contribution in [0.1, 0.15) is 83.5 Å². The van der Waals surface area contributed by atoms with Gasteiger partial charge in [0.05, 0.1) is 18.1 Å². The van der Waals surface area contributed by atoms with Gasteiger partial charge < -0.3 is 43.4 Å². The molecule has 0 aromatic carbocycles. The van der Waals surface area contributed by atoms with E-state index in [1.54, 1.807) is 0 Å². The summed E-state index contributed by atoms with van der Waals surface area (Å²) in [6.45, 7) is 2.44. The third kappa shape index (κ3) is 15.5. The Balaban J connectivity index is 1.32. The van der Waals surface area contributed by atoms with Gasteiger partial charge in [-0.3, -0.25) is 14.4 Å². The van der Waals surface area contributed by atoms with Crippen molar-refractivity contribution in [3.63, 3.8) is 0 Å². The Bertz CT molecular complexity index is 850. The van der Waals surface area contributed by atoms with Gasteiger partial charge in [0.2, 0.25) is 17.7 Å². The van der Waals surface area contributed by atoms with Crippen LogP contribution in [0, 0.1) is 0 Å². The van der Waals surface area contributed by atoms with Crippen LogP contribution in [0.25, 0.3) is 0 Å². The van der Waals surface area contributed by atoms with Gasteiger partial charge in [0.25, 0.3) is 0 Å². The molecule has 0 aliphatic carbocycles. The number of amides is 5. The molecule has 14 heteroatoms. The van der Waals surface area contributed by atoms with Crippen molar-refractivity contribution in [1.82, 2.24) is 31.9 Å². The van der Waals surface area contributed by atoms with Crippen molar-refractivity contribution in [3.8, 4) is 0 Å². The normalized spacial score (nSPS) is 19.9. The number of carbonyl (C=O) groups is 4. The van der Waals surface area contributed by atoms with E-state index >= 15 is 0 Å². The standard InChI is InChI=1S/C27H50N8O4S2/c28-19(10-9-17-33-26(29)40)25(38)32-16-8-2-7-15-31-22(36)12-3-1-6-14-30-23(37)13-5-4-11-21-24-20(18-41-21)34-27(39)35-24/h19-21,24H,1-18,28H2,(H,30,37)(H,31,36)(H,32,38)(H3,29,33,40)(H2,34,35,39)/t19-,20?,21-,24?/m1/s1. The lowest BCUT2D eigenvalue weighted by Crippen LogP contribution is -2.41. The first-order valence-electron chi connectivity index (χ1n) is 15.0. The maximum Gasteiger partial charge on any atom is 0.315 e. The molecular weight excluding hydrogens is 564 g/mol. The van der Waals surface area contributed by atoms with E-state index in [2.05, 4.69) is 31.9 Å². The molecule has 4 atom stereocenters. The summed E-state index contributed by atoms with van der Waals surface area (Å²) in [5.74, 6) is 0.944. The van der Waals surface area contributed by atoms with Crippen LogP contribution in [0.5, 0.6) is 0 Å². The summed E-state index contributed by atoms with van der Waals surface area (Å²) in [5.41, 5.74) is 11.2. The zero-order chi connectivity index (χ0) is 29.9. The van der Waals surface area contributed by atoms with E-state index in [1.807, 2.05) is 11.8 Å². The Labute approximate surface area is 253 Å². The van der Waals surface area contributed by atoms with E-state index in [0.29, 0.717) is 57.1 Å². The van der Waals surface area contributed by atoms with Gasteiger partial charge in [0.15, 0.2) is 5.11 Å². The number of rotatable bonds is 22. The Morgan fingerprint density at radius 2 is 1.41 bits per heavy atom. The van der Waals surface area contributed by atoms with Crippen LogP contribution in [0.3, 0.4) is 0 Å². The molecule has 2 saturated heterocycles. The molecule has 0 saturated carbocycles. The lowest BCUT2D eigenvalue weighted by atomic mass is 10.0. The molecule has 0 aromatic rings. The summed E-state index contributed by atoms with van der Waals surface area (Å²) in [5, 5.41) is 18.2. The van der Waals surface area contributed by atoms with Gasteiger partial charge >= 0.3 is 6.03 Å². The highest BCUT2D eigenvalue weighted by Gasteiger charge is 2.42. The molecule has 2 heterocycles. The van der Waals surface area contributed by atoms with E-state index in [0.717, 1.165) is 63.5 Å². The first-order valence-corrected chi connectivity index (χ1v) is 16.5. The number of unbranched alkanes of at least 4 members (excludes halogenated alkanes) is 5. The fraction of sp³-hybridized carbons (Fsp3) is 0.815. The zero-order valence-electron chi connectivity index (χ0n) is 24.1. The van der Waals surface area contributed by atoms with Crippen LogP contribution in [-0.2, 0) is 14.4 Å². The minimum atomic E-state index is -0.541. The molecule has 0 radical (unpaired) electrons. The van der Waals surface area contributed by atoms with Gasteiger partial charge in [0, 0.05) is 50.0 Å². The second kappa shape index (κ2) is 20.5. The van der Waals surface area contributed by atoms with Crippen molar-refractivity contribution in [2.45, 2.75) is 107 Å². The maximum absolute atomic E-state index is 12.1. The van der Waals surface area contributed by atoms with Crippen molar-refractivity contribution in [2.75, 3.05) is 31.9 Å². The molecule has 0 bridgehead atoms. The molecule has 2 fully saturated rings. The van der Waals surface area contributed by atoms with E-state index in [9.17, 15) is 19.2 Å². The first-order chi connectivity index (χ1) is 19.8. The quantitative estimate of drug-likeness (QED) is 0.0493. The van der Waals surface area contributed by atoms with E-state index in [-0.39, 0.29) is 40.9 Å². The topological polar surface area (TPSA) is 192 Å². The molecule has 0 aromatic heterocycles. The summed E-state index contributed by atoms with van der Waals surface area (Å²) >= 11 is 6.63. The van der Waals surface area contributed by atoms with Gasteiger partial charge in [-0.2, -0.15) is 11.8 Å². The number of hydrogen-bond acceptors (Lipinski definition) is 7. The minimum absolute atomic E-state index is 0.0536. The van der Waals surface area contributed by atoms with E-state index < -0.39 is 6.04 Å². The highest BCUT2D eigenvalue weighted by atomic mass is 32.2. The molecule has 234 valence electrons. The van der Waals surface area contributed by atoms with Crippen LogP contribution in [0.4, 0.5) is 4.79 Å². The summed E-state index contributed by atoms with van der Waals surface area (Å²) < 4.78 is 0. The lowest BCUT2D eigenvalue weighted by Gasteiger charge is -2.16. The molecule has 2 aliphatic heterocycles. The molecule has 12 nitrogen and oxygen atoms in total. The predicted molar refractivity (Wildman–Crippen MR) is 167 cm³/mol. The average molecular weight is 615 g/mol. The van der Waals surface area contributed by atoms with Crippen molar-refractivity contribution in [3.05, 3.63) is 0 Å². The van der Waals surface area contributed by atoms with Gasteiger partial charge in [-0.25, -0.2) is 4.79 Å². The van der Waals surface area contributed by atoms with Gasteiger partial charge in [-0.1, -0.05) is 12.8 Å². The summed E-state index contributed by atoms with van der Waals surface area (Å²) in [4.78, 5) is 47.5. The number of thiocarbonyl (C=S) groups is 1. The fourth-order valence-corrected chi connectivity index (χ4v) is 6.57. The number of fused-ring (bicyclic) bond motifs is 1. The number of thioether (sulfide) groups is 1. The van der Waals surface area contributed by atoms with Crippen LogP contribution in [0.15, 0.2) is 0 Å². The minimum Gasteiger partial charge on any atom is -0.376 e. The lowest BCUT2D eigenvalue weighted by molar-refractivity contribution is -0.122. The van der Waals surface area contributed by atoms with Crippen molar-refractivity contribution >= 4 is 52.8 Å². The Hall–Kier alpha value is -2.32. The second-order valence-corrected chi connectivity index (χ2v) is 12.5. The highest BCUT2D eigenvalue weighted by molar-refractivity contribution is 8.00. The molecule has 41 heavy (non-hydrogen) atoms. The smallest absolute Gasteiger partial charge is 0.315 e. The molecule has 2 unspecified atom stereocenters. The van der Waals surface area contributed by atoms with Gasteiger partial charge in [0.1, 0.15) is 0 Å². The number of hydrogen-bond donors (Lipinski definition) is 8. The average Bonchev–Trinajstić information content (AvgIpc) is 3.49. The van der Waals surface area contributed by atoms with Gasteiger partial charge in [-0.15, -0.1) is 0 Å². The molecular formula is C27H50N8O4S2. The predicted octanol–water partition coefficient (Wildman–Crippen LogP) is 0.732. The maximum atomic E-state index is 12.1. The van der Waals surface area contributed by atoms with Crippen LogP contribution >= 0.6 is 24.0 Å². The monoisotopic (exact) mass is 614 g/mol. The van der Waals surface area contributed by atoms with Gasteiger partial charge in [-0.05, 0) is 70.0 Å². The molecule has 5 amide bonds. The van der Waals surface area contributed by atoms with E-state index in [1.165, 1.54) is 0 Å². The van der Waals surface area contributed by atoms with Crippen molar-refractivity contribution in [1.29, 1.82) is 0 Å². The van der Waals surface area contributed by atoms with Crippen molar-refractivity contribution in [2.24, 2.45) is 11.5 Å². The SMILES string of the molecule is NC(=S)NCCC[C@@H](N)C(=O)NCCCCCNC(=O)CCCCCNC(=O)CCCC[C@H]1SCC2NC(=O)NC21. The largest absolute Gasteiger partial charge is 0.376 e. The second-order valence-electron chi connectivity index (χ2n) is 10.8. The van der Waals surface area contributed by atoms with Crippen molar-refractivity contribution < 1.29 is 19.2 Å². The molecule has 2 aliphatic rings. The van der Waals surface area contributed by atoms with Crippen LogP contribution < -0.4 is 43.4 Å². The zero-order valence-corrected chi connectivity index (χ0v) is 25.8. The third-order valence-corrected chi connectivity index (χ3v) is 8.94. The van der Waals surface area contributed by atoms with Crippen LogP contribution in [-0.4, -0.2) is 84.2 Å². The number of nitrogens with two attached hydrogens (primary N) is 2. The molecule has 0 spiro atoms. The Kier molecular flexibility index (Phi) is 17.5. The Morgan fingerprint density at radius 1 is 0.829 bits per heavy atom. The van der Waals surface area contributed by atoms with Crippen LogP contribution in [0.2, 0.25) is 0 Å². The number of nitrogens with one attached hydrogen (secondary N) is 6. The first kappa shape index (κ1) is 34.9. The number of carbonyl (C=O) groups excluding carboxylic acids is 4. The van der Waals surface area contributed by atoms with E-state index in [4.69, 9.17) is 23.7 Å². The highest BCUT2D eigenvalue weighted by Crippen LogP contribution is 2.33. The molecule has 10 N–H and O–H groups in total. The summed E-state index contributed by atoms with van der Waals surface area (Å²) in [6.07, 6.45) is 10.3. The summed E-state index contributed by atoms with van der Waals surface area (Å²) in [6, 6.07) is -0.131. The number of urea groups is 1. The fourth-order valence-electron chi connectivity index (χ4n) is 4.93. The summed E-state index contributed by atoms with van der Waals surface area (Å²) in [7, 11) is 0. The molecule has 2 rings (SSSR count).